The average Bonchev–Trinajstić information content (AvgIpc) is 2.54. The number of rotatable bonds is 5. The fourth-order valence-electron chi connectivity index (χ4n) is 1.89. The van der Waals surface area contributed by atoms with Crippen LogP contribution in [0.1, 0.15) is 11.3 Å². The van der Waals surface area contributed by atoms with E-state index in [9.17, 15) is 0 Å². The van der Waals surface area contributed by atoms with Crippen LogP contribution in [0.4, 0.5) is 5.95 Å². The van der Waals surface area contributed by atoms with E-state index >= 15 is 0 Å². The van der Waals surface area contributed by atoms with Gasteiger partial charge >= 0.3 is 0 Å². The predicted octanol–water partition coefficient (Wildman–Crippen LogP) is 1.22. The van der Waals surface area contributed by atoms with Gasteiger partial charge in [0, 0.05) is 25.4 Å². The van der Waals surface area contributed by atoms with Crippen LogP contribution in [0.3, 0.4) is 0 Å². The van der Waals surface area contributed by atoms with Gasteiger partial charge in [-0.05, 0) is 12.1 Å². The van der Waals surface area contributed by atoms with Gasteiger partial charge in [0.25, 0.3) is 0 Å². The molecule has 0 spiro atoms. The average molecular weight is 287 g/mol. The van der Waals surface area contributed by atoms with E-state index in [0.717, 1.165) is 11.3 Å². The highest BCUT2D eigenvalue weighted by Crippen LogP contribution is 2.20. The minimum Gasteiger partial charge on any atom is -0.496 e. The Morgan fingerprint density at radius 3 is 2.86 bits per heavy atom. The topological polar surface area (TPSA) is 96.9 Å². The van der Waals surface area contributed by atoms with Crippen LogP contribution >= 0.6 is 0 Å². The molecular formula is C14H17N5O2. The molecule has 0 fully saturated rings. The first-order chi connectivity index (χ1) is 10.2. The number of nitrogens with two attached hydrogens (primary N) is 1. The molecule has 2 rings (SSSR count). The van der Waals surface area contributed by atoms with Crippen LogP contribution in [0.5, 0.6) is 5.75 Å². The number of amidine groups is 1. The predicted molar refractivity (Wildman–Crippen MR) is 79.6 cm³/mol. The van der Waals surface area contributed by atoms with Crippen LogP contribution in [0.25, 0.3) is 0 Å². The first-order valence-electron chi connectivity index (χ1n) is 6.29. The molecule has 1 heterocycles. The number of benzene rings is 1. The molecule has 7 nitrogen and oxygen atoms in total. The summed E-state index contributed by atoms with van der Waals surface area (Å²) in [7, 11) is 3.49. The zero-order chi connectivity index (χ0) is 15.2. The lowest BCUT2D eigenvalue weighted by molar-refractivity contribution is 0.318. The Morgan fingerprint density at radius 2 is 2.14 bits per heavy atom. The minimum atomic E-state index is -0.0515. The van der Waals surface area contributed by atoms with Gasteiger partial charge in [-0.3, -0.25) is 0 Å². The van der Waals surface area contributed by atoms with Gasteiger partial charge in [-0.2, -0.15) is 0 Å². The summed E-state index contributed by atoms with van der Waals surface area (Å²) in [6.45, 7) is 0.573. The van der Waals surface area contributed by atoms with Crippen LogP contribution < -0.4 is 15.4 Å². The van der Waals surface area contributed by atoms with Crippen molar-refractivity contribution in [3.05, 3.63) is 47.8 Å². The zero-order valence-electron chi connectivity index (χ0n) is 11.9. The number of nitrogens with zero attached hydrogens (tertiary/aromatic N) is 4. The number of hydrogen-bond acceptors (Lipinski definition) is 6. The second kappa shape index (κ2) is 6.56. The first kappa shape index (κ1) is 14.6. The van der Waals surface area contributed by atoms with E-state index in [2.05, 4.69) is 15.1 Å². The van der Waals surface area contributed by atoms with Gasteiger partial charge in [0.1, 0.15) is 11.4 Å². The zero-order valence-corrected chi connectivity index (χ0v) is 11.9. The Morgan fingerprint density at radius 1 is 1.38 bits per heavy atom. The van der Waals surface area contributed by atoms with E-state index in [1.165, 1.54) is 0 Å². The first-order valence-corrected chi connectivity index (χ1v) is 6.29. The van der Waals surface area contributed by atoms with Crippen molar-refractivity contribution in [3.8, 4) is 5.75 Å². The molecule has 0 aliphatic rings. The number of para-hydroxylation sites is 1. The lowest BCUT2D eigenvalue weighted by atomic mass is 10.2. The molecule has 1 aromatic heterocycles. The van der Waals surface area contributed by atoms with Crippen molar-refractivity contribution in [1.29, 1.82) is 0 Å². The third kappa shape index (κ3) is 3.38. The summed E-state index contributed by atoms with van der Waals surface area (Å²) in [4.78, 5) is 10.3. The van der Waals surface area contributed by atoms with E-state index in [0.29, 0.717) is 18.2 Å². The van der Waals surface area contributed by atoms with Crippen molar-refractivity contribution in [3.63, 3.8) is 0 Å². The molecule has 0 saturated heterocycles. The van der Waals surface area contributed by atoms with Gasteiger partial charge in [-0.25, -0.2) is 9.97 Å². The summed E-state index contributed by atoms with van der Waals surface area (Å²) in [5.41, 5.74) is 6.92. The Balaban J connectivity index is 2.22. The standard InChI is InChI=1S/C14H17N5O2/c1-19(9-10-5-3-4-6-12(10)21-2)14-16-8-7-11(17-14)13(15)18-20/h3-8,20H,9H2,1-2H3,(H2,15,18). The van der Waals surface area contributed by atoms with E-state index in [-0.39, 0.29) is 5.84 Å². The van der Waals surface area contributed by atoms with Crippen molar-refractivity contribution in [2.75, 3.05) is 19.1 Å². The Bertz CT molecular complexity index is 645. The number of ether oxygens (including phenoxy) is 1. The van der Waals surface area contributed by atoms with Gasteiger partial charge in [-0.1, -0.05) is 23.4 Å². The highest BCUT2D eigenvalue weighted by molar-refractivity contribution is 5.95. The summed E-state index contributed by atoms with van der Waals surface area (Å²) in [5, 5.41) is 11.6. The van der Waals surface area contributed by atoms with Crippen LogP contribution in [-0.2, 0) is 6.54 Å². The molecule has 0 aliphatic heterocycles. The van der Waals surface area contributed by atoms with Gasteiger partial charge in [0.15, 0.2) is 5.84 Å². The maximum Gasteiger partial charge on any atom is 0.226 e. The SMILES string of the molecule is COc1ccccc1CN(C)c1nccc(/C(N)=N/O)n1. The maximum absolute atomic E-state index is 8.69. The quantitative estimate of drug-likeness (QED) is 0.371. The monoisotopic (exact) mass is 287 g/mol. The largest absolute Gasteiger partial charge is 0.496 e. The highest BCUT2D eigenvalue weighted by Gasteiger charge is 2.10. The molecule has 0 saturated carbocycles. The molecule has 110 valence electrons. The molecule has 0 amide bonds. The van der Waals surface area contributed by atoms with E-state index < -0.39 is 0 Å². The van der Waals surface area contributed by atoms with Crippen molar-refractivity contribution < 1.29 is 9.94 Å². The molecule has 0 aliphatic carbocycles. The molecular weight excluding hydrogens is 270 g/mol. The molecule has 0 atom stereocenters. The lowest BCUT2D eigenvalue weighted by Gasteiger charge is -2.18. The van der Waals surface area contributed by atoms with E-state index in [1.54, 1.807) is 19.4 Å². The second-order valence-electron chi connectivity index (χ2n) is 4.40. The van der Waals surface area contributed by atoms with Crippen LogP contribution in [0, 0.1) is 0 Å². The summed E-state index contributed by atoms with van der Waals surface area (Å²) in [5.74, 6) is 1.23. The van der Waals surface area contributed by atoms with Gasteiger partial charge in [0.2, 0.25) is 5.95 Å². The fraction of sp³-hybridized carbons (Fsp3) is 0.214. The Labute approximate surface area is 122 Å². The molecule has 21 heavy (non-hydrogen) atoms. The van der Waals surface area contributed by atoms with Crippen molar-refractivity contribution in [2.24, 2.45) is 10.9 Å². The smallest absolute Gasteiger partial charge is 0.226 e. The van der Waals surface area contributed by atoms with Crippen LogP contribution in [-0.4, -0.2) is 35.2 Å². The van der Waals surface area contributed by atoms with Crippen molar-refractivity contribution in [2.45, 2.75) is 6.54 Å². The molecule has 2 aromatic rings. The minimum absolute atomic E-state index is 0.0515. The summed E-state index contributed by atoms with van der Waals surface area (Å²) in [6.07, 6.45) is 1.56. The molecule has 1 aromatic carbocycles. The number of anilines is 1. The summed E-state index contributed by atoms with van der Waals surface area (Å²) in [6, 6.07) is 9.31. The van der Waals surface area contributed by atoms with Gasteiger partial charge < -0.3 is 20.6 Å². The van der Waals surface area contributed by atoms with Gasteiger partial charge in [-0.15, -0.1) is 0 Å². The molecule has 0 unspecified atom stereocenters. The third-order valence-electron chi connectivity index (χ3n) is 2.95. The fourth-order valence-corrected chi connectivity index (χ4v) is 1.89. The van der Waals surface area contributed by atoms with Gasteiger partial charge in [0.05, 0.1) is 7.11 Å². The normalized spacial score (nSPS) is 11.2. The second-order valence-corrected chi connectivity index (χ2v) is 4.40. The molecule has 0 bridgehead atoms. The molecule has 7 heteroatoms. The van der Waals surface area contributed by atoms with Crippen molar-refractivity contribution in [1.82, 2.24) is 9.97 Å². The summed E-state index contributed by atoms with van der Waals surface area (Å²) >= 11 is 0. The number of methoxy groups -OCH3 is 1. The van der Waals surface area contributed by atoms with Crippen LogP contribution in [0.15, 0.2) is 41.7 Å². The maximum atomic E-state index is 8.69. The van der Waals surface area contributed by atoms with E-state index in [1.807, 2.05) is 36.2 Å². The van der Waals surface area contributed by atoms with Crippen molar-refractivity contribution >= 4 is 11.8 Å². The summed E-state index contributed by atoms with van der Waals surface area (Å²) < 4.78 is 5.32. The Kier molecular flexibility index (Phi) is 4.55. The Hall–Kier alpha value is -2.83. The highest BCUT2D eigenvalue weighted by atomic mass is 16.5. The lowest BCUT2D eigenvalue weighted by Crippen LogP contribution is -2.22. The number of aromatic nitrogens is 2. The number of hydrogen-bond donors (Lipinski definition) is 2. The van der Waals surface area contributed by atoms with E-state index in [4.69, 9.17) is 15.7 Å². The molecule has 0 radical (unpaired) electrons. The third-order valence-corrected chi connectivity index (χ3v) is 2.95. The molecule has 3 N–H and O–H groups in total. The number of oxime groups is 1. The van der Waals surface area contributed by atoms with Crippen LogP contribution in [0.2, 0.25) is 0 Å².